The van der Waals surface area contributed by atoms with Crippen molar-refractivity contribution in [2.24, 2.45) is 0 Å². The van der Waals surface area contributed by atoms with Crippen molar-refractivity contribution in [3.63, 3.8) is 0 Å². The molecule has 5 heteroatoms. The molecule has 21 heavy (non-hydrogen) atoms. The minimum atomic E-state index is -0.398. The minimum absolute atomic E-state index is 0.219. The van der Waals surface area contributed by atoms with E-state index in [2.05, 4.69) is 0 Å². The molecule has 0 atom stereocenters. The highest BCUT2D eigenvalue weighted by atomic mass is 32.2. The molecule has 0 aliphatic carbocycles. The van der Waals surface area contributed by atoms with E-state index in [1.54, 1.807) is 43.3 Å². The third-order valence-corrected chi connectivity index (χ3v) is 3.72. The maximum absolute atomic E-state index is 13.6. The average Bonchev–Trinajstić information content (AvgIpc) is 2.48. The Morgan fingerprint density at radius 3 is 2.38 bits per heavy atom. The molecule has 0 aromatic heterocycles. The molecular weight excluding hydrogens is 291 g/mol. The summed E-state index contributed by atoms with van der Waals surface area (Å²) in [7, 11) is 1.43. The first-order chi connectivity index (χ1) is 10.1. The summed E-state index contributed by atoms with van der Waals surface area (Å²) >= 11 is 1.41. The van der Waals surface area contributed by atoms with Gasteiger partial charge in [0.25, 0.3) is 0 Å². The van der Waals surface area contributed by atoms with E-state index in [1.165, 1.54) is 24.9 Å². The lowest BCUT2D eigenvalue weighted by atomic mass is 10.2. The Labute approximate surface area is 127 Å². The largest absolute Gasteiger partial charge is 0.494 e. The summed E-state index contributed by atoms with van der Waals surface area (Å²) in [6.45, 7) is 2.11. The molecular formula is C16H15FO3S. The van der Waals surface area contributed by atoms with Gasteiger partial charge in [-0.2, -0.15) is 0 Å². The highest BCUT2D eigenvalue weighted by Crippen LogP contribution is 2.30. The lowest BCUT2D eigenvalue weighted by Gasteiger charge is -2.06. The zero-order chi connectivity index (χ0) is 15.2. The third-order valence-electron chi connectivity index (χ3n) is 2.72. The number of rotatable bonds is 5. The fourth-order valence-electron chi connectivity index (χ4n) is 1.72. The number of halogens is 1. The minimum Gasteiger partial charge on any atom is -0.494 e. The zero-order valence-electron chi connectivity index (χ0n) is 11.8. The third kappa shape index (κ3) is 3.98. The maximum atomic E-state index is 13.6. The molecule has 0 radical (unpaired) electrons. The van der Waals surface area contributed by atoms with Crippen LogP contribution in [0.15, 0.2) is 52.3 Å². The lowest BCUT2D eigenvalue weighted by molar-refractivity contribution is 0.0526. The second-order valence-corrected chi connectivity index (χ2v) is 5.29. The van der Waals surface area contributed by atoms with Crippen molar-refractivity contribution in [1.82, 2.24) is 0 Å². The van der Waals surface area contributed by atoms with E-state index < -0.39 is 5.82 Å². The van der Waals surface area contributed by atoms with E-state index in [9.17, 15) is 9.18 Å². The van der Waals surface area contributed by atoms with Crippen molar-refractivity contribution < 1.29 is 18.7 Å². The van der Waals surface area contributed by atoms with Gasteiger partial charge in [0.15, 0.2) is 11.6 Å². The summed E-state index contributed by atoms with van der Waals surface area (Å²) in [6, 6.07) is 11.8. The molecule has 0 amide bonds. The average molecular weight is 306 g/mol. The first kappa shape index (κ1) is 15.4. The second kappa shape index (κ2) is 7.13. The standard InChI is InChI=1S/C16H15FO3S/c1-3-20-16(18)11-4-6-12(7-5-11)21-13-8-9-15(19-2)14(17)10-13/h4-10H,3H2,1-2H3. The zero-order valence-corrected chi connectivity index (χ0v) is 12.6. The van der Waals surface area contributed by atoms with E-state index in [1.807, 2.05) is 0 Å². The maximum Gasteiger partial charge on any atom is 0.338 e. The van der Waals surface area contributed by atoms with Gasteiger partial charge in [0.2, 0.25) is 0 Å². The summed E-state index contributed by atoms with van der Waals surface area (Å²) in [5, 5.41) is 0. The summed E-state index contributed by atoms with van der Waals surface area (Å²) in [6.07, 6.45) is 0. The van der Waals surface area contributed by atoms with Gasteiger partial charge in [-0.3, -0.25) is 0 Å². The Balaban J connectivity index is 2.10. The van der Waals surface area contributed by atoms with Crippen LogP contribution in [0.2, 0.25) is 0 Å². The number of hydrogen-bond donors (Lipinski definition) is 0. The molecule has 0 bridgehead atoms. The second-order valence-electron chi connectivity index (χ2n) is 4.14. The normalized spacial score (nSPS) is 10.2. The van der Waals surface area contributed by atoms with Gasteiger partial charge in [0.05, 0.1) is 19.3 Å². The van der Waals surface area contributed by atoms with Crippen LogP contribution in [0.4, 0.5) is 4.39 Å². The predicted molar refractivity (Wildman–Crippen MR) is 79.5 cm³/mol. The van der Waals surface area contributed by atoms with Gasteiger partial charge in [-0.25, -0.2) is 9.18 Å². The van der Waals surface area contributed by atoms with Gasteiger partial charge in [0.1, 0.15) is 0 Å². The molecule has 2 aromatic carbocycles. The van der Waals surface area contributed by atoms with Crippen LogP contribution >= 0.6 is 11.8 Å². The van der Waals surface area contributed by atoms with Gasteiger partial charge in [-0.05, 0) is 49.4 Å². The van der Waals surface area contributed by atoms with Crippen LogP contribution in [0.25, 0.3) is 0 Å². The van der Waals surface area contributed by atoms with Gasteiger partial charge >= 0.3 is 5.97 Å². The molecule has 0 spiro atoms. The Kier molecular flexibility index (Phi) is 5.22. The summed E-state index contributed by atoms with van der Waals surface area (Å²) < 4.78 is 23.4. The molecule has 0 aliphatic rings. The van der Waals surface area contributed by atoms with Gasteiger partial charge in [-0.1, -0.05) is 11.8 Å². The van der Waals surface area contributed by atoms with E-state index in [0.717, 1.165) is 9.79 Å². The van der Waals surface area contributed by atoms with Crippen molar-refractivity contribution in [2.45, 2.75) is 16.7 Å². The summed E-state index contributed by atoms with van der Waals surface area (Å²) in [5.74, 6) is -0.521. The first-order valence-corrected chi connectivity index (χ1v) is 7.24. The molecule has 0 unspecified atom stereocenters. The fraction of sp³-hybridized carbons (Fsp3) is 0.188. The molecule has 110 valence electrons. The van der Waals surface area contributed by atoms with E-state index >= 15 is 0 Å². The van der Waals surface area contributed by atoms with E-state index in [-0.39, 0.29) is 11.7 Å². The Hall–Kier alpha value is -2.01. The molecule has 0 saturated heterocycles. The van der Waals surface area contributed by atoms with Gasteiger partial charge in [-0.15, -0.1) is 0 Å². The van der Waals surface area contributed by atoms with Crippen LogP contribution in [0.3, 0.4) is 0 Å². The summed E-state index contributed by atoms with van der Waals surface area (Å²) in [4.78, 5) is 13.2. The van der Waals surface area contributed by atoms with Crippen LogP contribution in [0.5, 0.6) is 5.75 Å². The number of carbonyl (C=O) groups is 1. The van der Waals surface area contributed by atoms with Crippen molar-refractivity contribution in [3.05, 3.63) is 53.8 Å². The van der Waals surface area contributed by atoms with Crippen molar-refractivity contribution in [1.29, 1.82) is 0 Å². The van der Waals surface area contributed by atoms with Crippen LogP contribution in [-0.4, -0.2) is 19.7 Å². The lowest BCUT2D eigenvalue weighted by Crippen LogP contribution is -2.03. The first-order valence-electron chi connectivity index (χ1n) is 6.42. The molecule has 0 heterocycles. The number of benzene rings is 2. The number of hydrogen-bond acceptors (Lipinski definition) is 4. The quantitative estimate of drug-likeness (QED) is 0.777. The highest BCUT2D eigenvalue weighted by Gasteiger charge is 2.07. The van der Waals surface area contributed by atoms with Crippen LogP contribution in [0, 0.1) is 5.82 Å². The number of ether oxygens (including phenoxy) is 2. The highest BCUT2D eigenvalue weighted by molar-refractivity contribution is 7.99. The molecule has 0 aliphatic heterocycles. The van der Waals surface area contributed by atoms with Crippen molar-refractivity contribution in [2.75, 3.05) is 13.7 Å². The number of methoxy groups -OCH3 is 1. The van der Waals surface area contributed by atoms with E-state index in [0.29, 0.717) is 12.2 Å². The Morgan fingerprint density at radius 2 is 1.81 bits per heavy atom. The predicted octanol–water partition coefficient (Wildman–Crippen LogP) is 4.16. The molecule has 0 N–H and O–H groups in total. The van der Waals surface area contributed by atoms with Crippen LogP contribution < -0.4 is 4.74 Å². The monoisotopic (exact) mass is 306 g/mol. The fourth-order valence-corrected chi connectivity index (χ4v) is 2.56. The molecule has 2 aromatic rings. The number of esters is 1. The Bertz CT molecular complexity index is 626. The Morgan fingerprint density at radius 1 is 1.14 bits per heavy atom. The van der Waals surface area contributed by atoms with Crippen LogP contribution in [-0.2, 0) is 4.74 Å². The van der Waals surface area contributed by atoms with Crippen LogP contribution in [0.1, 0.15) is 17.3 Å². The smallest absolute Gasteiger partial charge is 0.338 e. The van der Waals surface area contributed by atoms with Crippen molar-refractivity contribution >= 4 is 17.7 Å². The number of carbonyl (C=O) groups excluding carboxylic acids is 1. The SMILES string of the molecule is CCOC(=O)c1ccc(Sc2ccc(OC)c(F)c2)cc1. The molecule has 0 fully saturated rings. The summed E-state index contributed by atoms with van der Waals surface area (Å²) in [5.41, 5.74) is 0.502. The van der Waals surface area contributed by atoms with Gasteiger partial charge in [0, 0.05) is 9.79 Å². The molecule has 3 nitrogen and oxygen atoms in total. The van der Waals surface area contributed by atoms with E-state index in [4.69, 9.17) is 9.47 Å². The van der Waals surface area contributed by atoms with Crippen molar-refractivity contribution in [3.8, 4) is 5.75 Å². The molecule has 0 saturated carbocycles. The van der Waals surface area contributed by atoms with Gasteiger partial charge < -0.3 is 9.47 Å². The topological polar surface area (TPSA) is 35.5 Å². The molecule has 2 rings (SSSR count).